The lowest BCUT2D eigenvalue weighted by atomic mass is 9.70. The SMILES string of the molecule is CCCCCCC(C)(C)c1cc(O)c2c(c1)OC(=O)C(C)(C)C1=C2CC(CCCC)CC1. The van der Waals surface area contributed by atoms with Crippen LogP contribution in [0.2, 0.25) is 0 Å². The zero-order valence-electron chi connectivity index (χ0n) is 21.3. The molecule has 0 fully saturated rings. The average molecular weight is 441 g/mol. The number of unbranched alkanes of at least 4 members (excludes halogenated alkanes) is 4. The Morgan fingerprint density at radius 2 is 1.81 bits per heavy atom. The van der Waals surface area contributed by atoms with E-state index in [1.807, 2.05) is 26.0 Å². The topological polar surface area (TPSA) is 46.5 Å². The van der Waals surface area contributed by atoms with Crippen LogP contribution in [0.5, 0.6) is 11.5 Å². The van der Waals surface area contributed by atoms with Gasteiger partial charge < -0.3 is 9.84 Å². The highest BCUT2D eigenvalue weighted by Crippen LogP contribution is 2.53. The summed E-state index contributed by atoms with van der Waals surface area (Å²) in [4.78, 5) is 13.2. The Balaban J connectivity index is 2.01. The molecule has 0 saturated heterocycles. The van der Waals surface area contributed by atoms with Crippen molar-refractivity contribution in [3.05, 3.63) is 28.8 Å². The zero-order valence-corrected chi connectivity index (χ0v) is 21.3. The van der Waals surface area contributed by atoms with Crippen LogP contribution >= 0.6 is 0 Å². The van der Waals surface area contributed by atoms with Gasteiger partial charge in [-0.1, -0.05) is 72.6 Å². The maximum atomic E-state index is 13.2. The molecule has 1 aliphatic carbocycles. The number of carbonyl (C=O) groups is 1. The first-order chi connectivity index (χ1) is 15.1. The van der Waals surface area contributed by atoms with Crippen LogP contribution in [0.1, 0.15) is 123 Å². The largest absolute Gasteiger partial charge is 0.507 e. The summed E-state index contributed by atoms with van der Waals surface area (Å²) in [6.07, 6.45) is 12.5. The van der Waals surface area contributed by atoms with E-state index in [-0.39, 0.29) is 17.1 Å². The molecule has 32 heavy (non-hydrogen) atoms. The monoisotopic (exact) mass is 440 g/mol. The molecule has 0 aromatic heterocycles. The summed E-state index contributed by atoms with van der Waals surface area (Å²) in [5, 5.41) is 11.3. The predicted octanol–water partition coefficient (Wildman–Crippen LogP) is 8.33. The molecule has 0 amide bonds. The van der Waals surface area contributed by atoms with Gasteiger partial charge in [-0.05, 0) is 79.7 Å². The number of ether oxygens (including phenoxy) is 1. The van der Waals surface area contributed by atoms with Crippen LogP contribution < -0.4 is 4.74 Å². The number of phenols is 1. The number of carbonyl (C=O) groups excluding carboxylic acids is 1. The summed E-state index contributed by atoms with van der Waals surface area (Å²) in [6.45, 7) is 12.9. The van der Waals surface area contributed by atoms with E-state index in [1.165, 1.54) is 44.9 Å². The van der Waals surface area contributed by atoms with Crippen molar-refractivity contribution >= 4 is 11.5 Å². The van der Waals surface area contributed by atoms with Gasteiger partial charge in [0, 0.05) is 0 Å². The Morgan fingerprint density at radius 1 is 1.09 bits per heavy atom. The maximum absolute atomic E-state index is 13.2. The van der Waals surface area contributed by atoms with E-state index >= 15 is 0 Å². The Kier molecular flexibility index (Phi) is 7.78. The van der Waals surface area contributed by atoms with Crippen LogP contribution in [0.4, 0.5) is 0 Å². The summed E-state index contributed by atoms with van der Waals surface area (Å²) in [7, 11) is 0. The molecule has 0 bridgehead atoms. The molecule has 1 N–H and O–H groups in total. The fourth-order valence-electron chi connectivity index (χ4n) is 5.56. The summed E-state index contributed by atoms with van der Waals surface area (Å²) >= 11 is 0. The number of rotatable bonds is 9. The summed E-state index contributed by atoms with van der Waals surface area (Å²) in [5.41, 5.74) is 3.40. The molecule has 0 spiro atoms. The molecule has 0 radical (unpaired) electrons. The number of allylic oxidation sites excluding steroid dienone is 1. The van der Waals surface area contributed by atoms with Crippen LogP contribution in [0.15, 0.2) is 17.7 Å². The van der Waals surface area contributed by atoms with Crippen molar-refractivity contribution in [2.45, 2.75) is 118 Å². The lowest BCUT2D eigenvalue weighted by Crippen LogP contribution is -2.31. The fourth-order valence-corrected chi connectivity index (χ4v) is 5.56. The molecule has 1 aromatic rings. The Labute approximate surface area is 195 Å². The average Bonchev–Trinajstić information content (AvgIpc) is 2.82. The molecule has 1 atom stereocenters. The number of esters is 1. The van der Waals surface area contributed by atoms with Gasteiger partial charge in [-0.15, -0.1) is 0 Å². The van der Waals surface area contributed by atoms with Gasteiger partial charge >= 0.3 is 5.97 Å². The van der Waals surface area contributed by atoms with Crippen LogP contribution in [-0.2, 0) is 10.2 Å². The molecule has 178 valence electrons. The van der Waals surface area contributed by atoms with E-state index in [9.17, 15) is 9.90 Å². The fraction of sp³-hybridized carbons (Fsp3) is 0.690. The van der Waals surface area contributed by atoms with Crippen molar-refractivity contribution in [2.75, 3.05) is 0 Å². The van der Waals surface area contributed by atoms with E-state index in [1.54, 1.807) is 0 Å². The van der Waals surface area contributed by atoms with Gasteiger partial charge in [0.2, 0.25) is 0 Å². The van der Waals surface area contributed by atoms with Gasteiger partial charge in [-0.25, -0.2) is 0 Å². The number of aromatic hydroxyl groups is 1. The first-order valence-corrected chi connectivity index (χ1v) is 12.9. The maximum Gasteiger partial charge on any atom is 0.321 e. The van der Waals surface area contributed by atoms with Crippen molar-refractivity contribution in [1.82, 2.24) is 0 Å². The van der Waals surface area contributed by atoms with Crippen LogP contribution in [-0.4, -0.2) is 11.1 Å². The predicted molar refractivity (Wildman–Crippen MR) is 133 cm³/mol. The Morgan fingerprint density at radius 3 is 2.50 bits per heavy atom. The first-order valence-electron chi connectivity index (χ1n) is 12.9. The third kappa shape index (κ3) is 5.07. The van der Waals surface area contributed by atoms with E-state index < -0.39 is 5.41 Å². The lowest BCUT2D eigenvalue weighted by molar-refractivity contribution is -0.141. The molecular formula is C29H44O3. The Hall–Kier alpha value is -1.77. The smallest absolute Gasteiger partial charge is 0.321 e. The molecule has 1 aromatic carbocycles. The van der Waals surface area contributed by atoms with Crippen molar-refractivity contribution in [3.8, 4) is 11.5 Å². The minimum atomic E-state index is -0.660. The van der Waals surface area contributed by atoms with Crippen LogP contribution in [0.25, 0.3) is 5.57 Å². The minimum absolute atomic E-state index is 0.0814. The van der Waals surface area contributed by atoms with Crippen LogP contribution in [0, 0.1) is 11.3 Å². The van der Waals surface area contributed by atoms with Gasteiger partial charge in [-0.3, -0.25) is 4.79 Å². The molecule has 1 unspecified atom stereocenters. The highest BCUT2D eigenvalue weighted by molar-refractivity contribution is 5.92. The van der Waals surface area contributed by atoms with Gasteiger partial charge in [0.1, 0.15) is 11.5 Å². The zero-order chi connectivity index (χ0) is 23.5. The third-order valence-corrected chi connectivity index (χ3v) is 7.91. The summed E-state index contributed by atoms with van der Waals surface area (Å²) in [6, 6.07) is 3.97. The lowest BCUT2D eigenvalue weighted by Gasteiger charge is -2.33. The van der Waals surface area contributed by atoms with Crippen LogP contribution in [0.3, 0.4) is 0 Å². The number of hydrogen-bond donors (Lipinski definition) is 1. The molecule has 0 saturated carbocycles. The van der Waals surface area contributed by atoms with Gasteiger partial charge in [0.05, 0.1) is 11.0 Å². The molecular weight excluding hydrogens is 396 g/mol. The van der Waals surface area contributed by atoms with Gasteiger partial charge in [0.15, 0.2) is 0 Å². The normalized spacial score (nSPS) is 20.4. The number of hydrogen-bond acceptors (Lipinski definition) is 3. The van der Waals surface area contributed by atoms with E-state index in [4.69, 9.17) is 4.74 Å². The van der Waals surface area contributed by atoms with E-state index in [0.29, 0.717) is 11.7 Å². The molecule has 2 aliphatic rings. The second-order valence-electron chi connectivity index (χ2n) is 11.3. The summed E-state index contributed by atoms with van der Waals surface area (Å²) in [5.74, 6) is 1.24. The van der Waals surface area contributed by atoms with Crippen molar-refractivity contribution in [1.29, 1.82) is 0 Å². The third-order valence-electron chi connectivity index (χ3n) is 7.91. The molecule has 3 rings (SSSR count). The molecule has 3 nitrogen and oxygen atoms in total. The summed E-state index contributed by atoms with van der Waals surface area (Å²) < 4.78 is 6.00. The quantitative estimate of drug-likeness (QED) is 0.238. The molecule has 1 heterocycles. The highest BCUT2D eigenvalue weighted by atomic mass is 16.5. The van der Waals surface area contributed by atoms with Gasteiger partial charge in [-0.2, -0.15) is 0 Å². The highest BCUT2D eigenvalue weighted by Gasteiger charge is 2.42. The second kappa shape index (κ2) is 10.0. The van der Waals surface area contributed by atoms with Gasteiger partial charge in [0.25, 0.3) is 0 Å². The van der Waals surface area contributed by atoms with Crippen molar-refractivity contribution < 1.29 is 14.6 Å². The van der Waals surface area contributed by atoms with E-state index in [2.05, 4.69) is 27.7 Å². The Bertz CT molecular complexity index is 859. The number of fused-ring (bicyclic) bond motifs is 2. The first kappa shape index (κ1) is 24.9. The number of phenolic OH excluding ortho intramolecular Hbond substituents is 1. The van der Waals surface area contributed by atoms with Crippen molar-refractivity contribution in [2.24, 2.45) is 11.3 Å². The molecule has 3 heteroatoms. The minimum Gasteiger partial charge on any atom is -0.507 e. The van der Waals surface area contributed by atoms with Crippen molar-refractivity contribution in [3.63, 3.8) is 0 Å². The second-order valence-corrected chi connectivity index (χ2v) is 11.3. The number of benzene rings is 1. The molecule has 1 aliphatic heterocycles. The van der Waals surface area contributed by atoms with E-state index in [0.717, 1.165) is 48.0 Å². The standard InChI is InChI=1S/C29H44O3/c1-7-9-11-12-16-28(3,4)21-18-24(30)26-22-17-20(13-10-8-2)14-15-23(22)29(5,6)27(31)32-25(26)19-21/h18-20,30H,7-17H2,1-6H3.